The molecule has 0 unspecified atom stereocenters. The average molecular weight is 409 g/mol. The van der Waals surface area contributed by atoms with Gasteiger partial charge in [0.15, 0.2) is 11.9 Å². The zero-order chi connectivity index (χ0) is 20.9. The van der Waals surface area contributed by atoms with Crippen LogP contribution >= 0.6 is 0 Å². The molecular weight excluding hydrogens is 386 g/mol. The van der Waals surface area contributed by atoms with Crippen molar-refractivity contribution in [2.75, 3.05) is 13.6 Å². The van der Waals surface area contributed by atoms with Crippen LogP contribution in [0, 0.1) is 13.8 Å². The van der Waals surface area contributed by atoms with E-state index in [0.717, 1.165) is 5.56 Å². The molecule has 2 rings (SSSR count). The largest absolute Gasteiger partial charge is 0.452 e. The van der Waals surface area contributed by atoms with E-state index in [1.54, 1.807) is 7.05 Å². The van der Waals surface area contributed by atoms with Gasteiger partial charge in [-0.1, -0.05) is 35.5 Å². The number of amides is 1. The standard InChI is InChI=1S/C18H23N3O6S/c1-12-17(13(2)27-20-12)28(24,25)19-10-16(22)26-14(3)18(23)21(4)11-15-8-6-5-7-9-15/h5-9,14,19H,10-11H2,1-4H3/t14-/m1/s1. The molecule has 2 aromatic rings. The second-order valence-corrected chi connectivity index (χ2v) is 7.99. The normalized spacial score (nSPS) is 12.4. The van der Waals surface area contributed by atoms with Gasteiger partial charge in [-0.05, 0) is 26.3 Å². The summed E-state index contributed by atoms with van der Waals surface area (Å²) in [5, 5.41) is 3.57. The van der Waals surface area contributed by atoms with Crippen LogP contribution in [0.3, 0.4) is 0 Å². The van der Waals surface area contributed by atoms with Gasteiger partial charge in [0.2, 0.25) is 10.0 Å². The molecule has 0 radical (unpaired) electrons. The van der Waals surface area contributed by atoms with E-state index in [-0.39, 0.29) is 16.3 Å². The van der Waals surface area contributed by atoms with Crippen LogP contribution in [0.2, 0.25) is 0 Å². The monoisotopic (exact) mass is 409 g/mol. The van der Waals surface area contributed by atoms with Gasteiger partial charge in [0, 0.05) is 13.6 Å². The van der Waals surface area contributed by atoms with Gasteiger partial charge < -0.3 is 14.2 Å². The van der Waals surface area contributed by atoms with Crippen molar-refractivity contribution in [1.29, 1.82) is 0 Å². The number of esters is 1. The van der Waals surface area contributed by atoms with Crippen molar-refractivity contribution in [2.45, 2.75) is 38.3 Å². The van der Waals surface area contributed by atoms with Crippen LogP contribution in [-0.2, 0) is 30.9 Å². The number of carbonyl (C=O) groups excluding carboxylic acids is 2. The number of ether oxygens (including phenoxy) is 1. The van der Waals surface area contributed by atoms with Crippen molar-refractivity contribution < 1.29 is 27.3 Å². The molecule has 10 heteroatoms. The van der Waals surface area contributed by atoms with Crippen molar-refractivity contribution in [3.05, 3.63) is 47.3 Å². The van der Waals surface area contributed by atoms with Crippen LogP contribution in [0.4, 0.5) is 0 Å². The highest BCUT2D eigenvalue weighted by Crippen LogP contribution is 2.18. The molecule has 0 bridgehead atoms. The third-order valence-corrected chi connectivity index (χ3v) is 5.58. The lowest BCUT2D eigenvalue weighted by atomic mass is 10.2. The molecule has 9 nitrogen and oxygen atoms in total. The minimum absolute atomic E-state index is 0.115. The number of sulfonamides is 1. The maximum atomic E-state index is 12.3. The maximum absolute atomic E-state index is 12.3. The second-order valence-electron chi connectivity index (χ2n) is 6.29. The van der Waals surface area contributed by atoms with Gasteiger partial charge in [-0.15, -0.1) is 0 Å². The third kappa shape index (κ3) is 5.40. The summed E-state index contributed by atoms with van der Waals surface area (Å²) in [7, 11) is -2.39. The predicted octanol–water partition coefficient (Wildman–Crippen LogP) is 1.16. The highest BCUT2D eigenvalue weighted by Gasteiger charge is 2.26. The Morgan fingerprint density at radius 2 is 1.89 bits per heavy atom. The van der Waals surface area contributed by atoms with E-state index in [1.807, 2.05) is 30.3 Å². The molecule has 0 fully saturated rings. The second kappa shape index (κ2) is 8.98. The predicted molar refractivity (Wildman–Crippen MR) is 99.6 cm³/mol. The number of rotatable bonds is 8. The minimum Gasteiger partial charge on any atom is -0.452 e. The van der Waals surface area contributed by atoms with Gasteiger partial charge in [-0.3, -0.25) is 9.59 Å². The summed E-state index contributed by atoms with van der Waals surface area (Å²) in [5.41, 5.74) is 1.12. The van der Waals surface area contributed by atoms with Gasteiger partial charge >= 0.3 is 5.97 Å². The molecule has 0 saturated heterocycles. The fourth-order valence-corrected chi connectivity index (χ4v) is 3.91. The molecule has 1 aromatic carbocycles. The Balaban J connectivity index is 1.89. The Kier molecular flexibility index (Phi) is 6.92. The summed E-state index contributed by atoms with van der Waals surface area (Å²) >= 11 is 0. The number of aryl methyl sites for hydroxylation is 2. The van der Waals surface area contributed by atoms with E-state index in [0.29, 0.717) is 6.54 Å². The summed E-state index contributed by atoms with van der Waals surface area (Å²) < 4.78 is 36.6. The lowest BCUT2D eigenvalue weighted by Crippen LogP contribution is -2.39. The molecule has 0 aliphatic rings. The first-order valence-electron chi connectivity index (χ1n) is 8.52. The Hall–Kier alpha value is -2.72. The SMILES string of the molecule is Cc1noc(C)c1S(=O)(=O)NCC(=O)O[C@H](C)C(=O)N(C)Cc1ccccc1. The summed E-state index contributed by atoms with van der Waals surface area (Å²) in [6.07, 6.45) is -1.05. The van der Waals surface area contributed by atoms with Crippen LogP contribution in [0.5, 0.6) is 0 Å². The van der Waals surface area contributed by atoms with Gasteiger partial charge in [0.05, 0.1) is 0 Å². The van der Waals surface area contributed by atoms with E-state index in [4.69, 9.17) is 9.26 Å². The van der Waals surface area contributed by atoms with Crippen LogP contribution in [0.1, 0.15) is 23.9 Å². The van der Waals surface area contributed by atoms with Gasteiger partial charge in [-0.25, -0.2) is 8.42 Å². The number of hydrogen-bond acceptors (Lipinski definition) is 7. The molecular formula is C18H23N3O6S. The van der Waals surface area contributed by atoms with E-state index in [1.165, 1.54) is 25.7 Å². The quantitative estimate of drug-likeness (QED) is 0.650. The number of nitrogens with zero attached hydrogens (tertiary/aromatic N) is 2. The van der Waals surface area contributed by atoms with E-state index < -0.39 is 34.5 Å². The number of hydrogen-bond donors (Lipinski definition) is 1. The highest BCUT2D eigenvalue weighted by atomic mass is 32.2. The lowest BCUT2D eigenvalue weighted by molar-refractivity contribution is -0.157. The van der Waals surface area contributed by atoms with Crippen LogP contribution in [0.25, 0.3) is 0 Å². The van der Waals surface area contributed by atoms with Crippen LogP contribution in [-0.4, -0.2) is 50.0 Å². The number of nitrogens with one attached hydrogen (secondary N) is 1. The van der Waals surface area contributed by atoms with E-state index in [9.17, 15) is 18.0 Å². The molecule has 1 N–H and O–H groups in total. The van der Waals surface area contributed by atoms with Crippen LogP contribution in [0.15, 0.2) is 39.8 Å². The highest BCUT2D eigenvalue weighted by molar-refractivity contribution is 7.89. The topological polar surface area (TPSA) is 119 Å². The first kappa shape index (κ1) is 21.6. The summed E-state index contributed by atoms with van der Waals surface area (Å²) in [4.78, 5) is 25.6. The Labute approximate surface area is 163 Å². The Morgan fingerprint density at radius 3 is 2.46 bits per heavy atom. The first-order valence-corrected chi connectivity index (χ1v) is 10.0. The summed E-state index contributed by atoms with van der Waals surface area (Å²) in [6.45, 7) is 4.11. The third-order valence-electron chi connectivity index (χ3n) is 3.94. The minimum atomic E-state index is -3.99. The Morgan fingerprint density at radius 1 is 1.25 bits per heavy atom. The van der Waals surface area contributed by atoms with Gasteiger partial charge in [0.1, 0.15) is 17.1 Å². The smallest absolute Gasteiger partial charge is 0.321 e. The fourth-order valence-electron chi connectivity index (χ4n) is 2.62. The molecule has 1 amide bonds. The lowest BCUT2D eigenvalue weighted by Gasteiger charge is -2.21. The van der Waals surface area contributed by atoms with Gasteiger partial charge in [-0.2, -0.15) is 4.72 Å². The van der Waals surface area contributed by atoms with E-state index in [2.05, 4.69) is 9.88 Å². The number of likely N-dealkylation sites (N-methyl/N-ethyl adjacent to an activating group) is 1. The molecule has 152 valence electrons. The Bertz CT molecular complexity index is 920. The zero-order valence-electron chi connectivity index (χ0n) is 16.1. The molecule has 0 aliphatic carbocycles. The number of benzene rings is 1. The molecule has 0 saturated carbocycles. The van der Waals surface area contributed by atoms with E-state index >= 15 is 0 Å². The van der Waals surface area contributed by atoms with Gasteiger partial charge in [0.25, 0.3) is 5.91 Å². The molecule has 1 heterocycles. The zero-order valence-corrected chi connectivity index (χ0v) is 16.9. The van der Waals surface area contributed by atoms with Crippen molar-refractivity contribution in [1.82, 2.24) is 14.8 Å². The van der Waals surface area contributed by atoms with Crippen molar-refractivity contribution >= 4 is 21.9 Å². The molecule has 0 spiro atoms. The van der Waals surface area contributed by atoms with Crippen molar-refractivity contribution in [2.24, 2.45) is 0 Å². The molecule has 1 atom stereocenters. The summed E-state index contributed by atoms with van der Waals surface area (Å²) in [5.74, 6) is -1.15. The first-order chi connectivity index (χ1) is 13.1. The molecule has 28 heavy (non-hydrogen) atoms. The molecule has 0 aliphatic heterocycles. The number of carbonyl (C=O) groups is 2. The van der Waals surface area contributed by atoms with Crippen molar-refractivity contribution in [3.63, 3.8) is 0 Å². The van der Waals surface area contributed by atoms with Crippen molar-refractivity contribution in [3.8, 4) is 0 Å². The number of aromatic nitrogens is 1. The fraction of sp³-hybridized carbons (Fsp3) is 0.389. The molecule has 1 aromatic heterocycles. The summed E-state index contributed by atoms with van der Waals surface area (Å²) in [6, 6.07) is 9.36. The maximum Gasteiger partial charge on any atom is 0.321 e. The van der Waals surface area contributed by atoms with Crippen LogP contribution < -0.4 is 4.72 Å². The average Bonchev–Trinajstić information content (AvgIpc) is 2.99.